The number of nitrogens with one attached hydrogen (secondary N) is 2. The van der Waals surface area contributed by atoms with Gasteiger partial charge in [0.15, 0.2) is 11.5 Å². The molecule has 0 atom stereocenters. The van der Waals surface area contributed by atoms with E-state index in [2.05, 4.69) is 20.5 Å². The van der Waals surface area contributed by atoms with Crippen LogP contribution in [-0.2, 0) is 4.74 Å². The maximum Gasteiger partial charge on any atom is 0.337 e. The van der Waals surface area contributed by atoms with E-state index in [4.69, 9.17) is 9.47 Å². The van der Waals surface area contributed by atoms with Gasteiger partial charge in [-0.15, -0.1) is 0 Å². The molecule has 4 aromatic carbocycles. The number of ether oxygens (including phenoxy) is 3. The van der Waals surface area contributed by atoms with Crippen LogP contribution in [0.5, 0.6) is 11.5 Å². The number of methoxy groups -OCH3 is 2. The summed E-state index contributed by atoms with van der Waals surface area (Å²) in [5.74, 6) is -0.278. The van der Waals surface area contributed by atoms with Crippen LogP contribution in [0.25, 0.3) is 0 Å². The van der Waals surface area contributed by atoms with Gasteiger partial charge in [-0.25, -0.2) is 9.80 Å². The van der Waals surface area contributed by atoms with Crippen molar-refractivity contribution in [2.24, 2.45) is 5.10 Å². The Balaban J connectivity index is 1.22. The van der Waals surface area contributed by atoms with Gasteiger partial charge in [0.1, 0.15) is 0 Å². The van der Waals surface area contributed by atoms with Gasteiger partial charge < -0.3 is 24.8 Å². The lowest BCUT2D eigenvalue weighted by Gasteiger charge is -2.24. The Hall–Kier alpha value is -5.97. The normalized spacial score (nSPS) is 12.4. The van der Waals surface area contributed by atoms with Crippen LogP contribution in [0, 0.1) is 0 Å². The molecule has 0 saturated carbocycles. The molecule has 0 spiro atoms. The van der Waals surface area contributed by atoms with E-state index in [1.165, 1.54) is 36.4 Å². The van der Waals surface area contributed by atoms with Gasteiger partial charge in [0, 0.05) is 40.2 Å². The van der Waals surface area contributed by atoms with Crippen LogP contribution < -0.4 is 20.1 Å². The summed E-state index contributed by atoms with van der Waals surface area (Å²) in [6, 6.07) is 24.8. The zero-order chi connectivity index (χ0) is 33.3. The number of carbonyl (C=O) groups excluding carboxylic acids is 4. The van der Waals surface area contributed by atoms with Crippen LogP contribution in [0.3, 0.4) is 0 Å². The number of hydrazone groups is 1. The van der Waals surface area contributed by atoms with Crippen molar-refractivity contribution in [1.29, 1.82) is 0 Å². The Kier molecular flexibility index (Phi) is 10.3. The Morgan fingerprint density at radius 1 is 0.745 bits per heavy atom. The molecule has 11 heteroatoms. The zero-order valence-corrected chi connectivity index (χ0v) is 26.2. The molecule has 5 rings (SSSR count). The van der Waals surface area contributed by atoms with E-state index < -0.39 is 5.97 Å². The molecule has 2 N–H and O–H groups in total. The molecule has 0 saturated heterocycles. The van der Waals surface area contributed by atoms with Gasteiger partial charge in [-0.2, -0.15) is 5.10 Å². The second-order valence-corrected chi connectivity index (χ2v) is 10.5. The number of hydrogen-bond donors (Lipinski definition) is 2. The van der Waals surface area contributed by atoms with Crippen LogP contribution in [-0.4, -0.2) is 61.8 Å². The third-order valence-electron chi connectivity index (χ3n) is 7.40. The first kappa shape index (κ1) is 32.4. The minimum Gasteiger partial charge on any atom is -0.493 e. The highest BCUT2D eigenvalue weighted by molar-refractivity contribution is 6.07. The fraction of sp³-hybridized carbons (Fsp3) is 0.194. The van der Waals surface area contributed by atoms with E-state index in [1.807, 2.05) is 25.1 Å². The van der Waals surface area contributed by atoms with Crippen LogP contribution >= 0.6 is 0 Å². The number of anilines is 2. The molecular weight excluding hydrogens is 600 g/mol. The highest BCUT2D eigenvalue weighted by Gasteiger charge is 2.22. The fourth-order valence-electron chi connectivity index (χ4n) is 4.98. The maximum absolute atomic E-state index is 13.4. The first-order chi connectivity index (χ1) is 22.8. The summed E-state index contributed by atoms with van der Waals surface area (Å²) in [6.45, 7) is 2.86. The molecule has 0 bridgehead atoms. The molecule has 0 fully saturated rings. The highest BCUT2D eigenvalue weighted by atomic mass is 16.5. The molecule has 0 aromatic heterocycles. The minimum atomic E-state index is -0.489. The lowest BCUT2D eigenvalue weighted by molar-refractivity contribution is 0.0600. The second-order valence-electron chi connectivity index (χ2n) is 10.5. The Morgan fingerprint density at radius 3 is 2.06 bits per heavy atom. The van der Waals surface area contributed by atoms with Gasteiger partial charge >= 0.3 is 5.97 Å². The highest BCUT2D eigenvalue weighted by Crippen LogP contribution is 2.30. The average molecular weight is 635 g/mol. The van der Waals surface area contributed by atoms with Crippen molar-refractivity contribution in [3.8, 4) is 11.5 Å². The first-order valence-corrected chi connectivity index (χ1v) is 15.0. The predicted octanol–water partition coefficient (Wildman–Crippen LogP) is 6.03. The Bertz CT molecular complexity index is 1820. The molecule has 47 heavy (non-hydrogen) atoms. The van der Waals surface area contributed by atoms with Gasteiger partial charge in [0.2, 0.25) is 0 Å². The molecule has 1 aliphatic heterocycles. The van der Waals surface area contributed by atoms with E-state index in [1.54, 1.807) is 55.6 Å². The molecule has 0 unspecified atom stereocenters. The minimum absolute atomic E-state index is 0.281. The van der Waals surface area contributed by atoms with E-state index in [0.717, 1.165) is 17.7 Å². The summed E-state index contributed by atoms with van der Waals surface area (Å²) in [5.41, 5.74) is 4.00. The lowest BCUT2D eigenvalue weighted by Crippen LogP contribution is -2.32. The Morgan fingerprint density at radius 2 is 1.40 bits per heavy atom. The monoisotopic (exact) mass is 634 g/mol. The molecule has 1 aliphatic rings. The third kappa shape index (κ3) is 7.82. The molecule has 3 amide bonds. The first-order valence-electron chi connectivity index (χ1n) is 15.0. The number of rotatable bonds is 10. The summed E-state index contributed by atoms with van der Waals surface area (Å²) in [6.07, 6.45) is 1.46. The molecule has 1 heterocycles. The quantitative estimate of drug-likeness (QED) is 0.204. The predicted molar refractivity (Wildman–Crippen MR) is 178 cm³/mol. The summed E-state index contributed by atoms with van der Waals surface area (Å²) in [4.78, 5) is 50.7. The summed E-state index contributed by atoms with van der Waals surface area (Å²) in [7, 11) is 2.87. The van der Waals surface area contributed by atoms with Crippen molar-refractivity contribution in [3.05, 3.63) is 119 Å². The standard InChI is InChI=1S/C36H34N4O7/c1-4-47-32-22-26(16-19-31(32)45-2)30-9-6-20-40(39-30)35(43)27-7-5-8-29(21-27)38-34(42)24-14-17-28(18-15-24)37-33(41)23-10-12-25(13-11-23)36(44)46-3/h5,7-8,10-19,21-22H,4,6,9,20H2,1-3H3,(H,37,41)(H,38,42). The van der Waals surface area contributed by atoms with Crippen molar-refractivity contribution in [1.82, 2.24) is 5.01 Å². The van der Waals surface area contributed by atoms with Gasteiger partial charge in [-0.05, 0) is 105 Å². The number of carbonyl (C=O) groups is 4. The van der Waals surface area contributed by atoms with Gasteiger partial charge in [-0.3, -0.25) is 14.4 Å². The molecule has 240 valence electrons. The zero-order valence-electron chi connectivity index (χ0n) is 26.2. The summed E-state index contributed by atoms with van der Waals surface area (Å²) in [5, 5.41) is 11.7. The van der Waals surface area contributed by atoms with Crippen molar-refractivity contribution < 1.29 is 33.4 Å². The SMILES string of the molecule is CCOc1cc(C2=NN(C(=O)c3cccc(NC(=O)c4ccc(NC(=O)c5ccc(C(=O)OC)cc5)cc4)c3)CCC2)ccc1OC. The maximum atomic E-state index is 13.4. The second kappa shape index (κ2) is 14.9. The number of nitrogens with zero attached hydrogens (tertiary/aromatic N) is 2. The number of esters is 1. The summed E-state index contributed by atoms with van der Waals surface area (Å²) >= 11 is 0. The van der Waals surface area contributed by atoms with E-state index in [0.29, 0.717) is 64.7 Å². The number of benzene rings is 4. The molecule has 0 radical (unpaired) electrons. The van der Waals surface area contributed by atoms with Gasteiger partial charge in [0.05, 0.1) is 32.1 Å². The lowest BCUT2D eigenvalue weighted by atomic mass is 10.0. The molecular formula is C36H34N4O7. The van der Waals surface area contributed by atoms with Gasteiger partial charge in [0.25, 0.3) is 17.7 Å². The van der Waals surface area contributed by atoms with E-state index in [-0.39, 0.29) is 17.7 Å². The summed E-state index contributed by atoms with van der Waals surface area (Å²) < 4.78 is 15.8. The van der Waals surface area contributed by atoms with Crippen LogP contribution in [0.15, 0.2) is 96.1 Å². The van der Waals surface area contributed by atoms with Crippen molar-refractivity contribution in [3.63, 3.8) is 0 Å². The van der Waals surface area contributed by atoms with Crippen molar-refractivity contribution >= 4 is 40.8 Å². The van der Waals surface area contributed by atoms with Gasteiger partial charge in [-0.1, -0.05) is 6.07 Å². The molecule has 11 nitrogen and oxygen atoms in total. The largest absolute Gasteiger partial charge is 0.493 e. The average Bonchev–Trinajstić information content (AvgIpc) is 3.11. The molecule has 4 aromatic rings. The van der Waals surface area contributed by atoms with Crippen LogP contribution in [0.4, 0.5) is 11.4 Å². The molecule has 0 aliphatic carbocycles. The Labute approximate surface area is 272 Å². The number of hydrogen-bond acceptors (Lipinski definition) is 8. The van der Waals surface area contributed by atoms with Crippen molar-refractivity contribution in [2.45, 2.75) is 19.8 Å². The fourth-order valence-corrected chi connectivity index (χ4v) is 4.98. The number of amides is 3. The van der Waals surface area contributed by atoms with E-state index >= 15 is 0 Å². The third-order valence-corrected chi connectivity index (χ3v) is 7.40. The van der Waals surface area contributed by atoms with Crippen molar-refractivity contribution in [2.75, 3.05) is 38.0 Å². The smallest absolute Gasteiger partial charge is 0.337 e. The van der Waals surface area contributed by atoms with Crippen LogP contribution in [0.1, 0.15) is 66.8 Å². The topological polar surface area (TPSA) is 136 Å². The van der Waals surface area contributed by atoms with Crippen LogP contribution in [0.2, 0.25) is 0 Å². The van der Waals surface area contributed by atoms with E-state index in [9.17, 15) is 19.2 Å².